The highest BCUT2D eigenvalue weighted by Gasteiger charge is 2.22. The zero-order chi connectivity index (χ0) is 20.2. The minimum absolute atomic E-state index is 0.137. The molecule has 3 aromatic rings. The first-order chi connectivity index (χ1) is 14.1. The summed E-state index contributed by atoms with van der Waals surface area (Å²) < 4.78 is 3.09. The molecule has 1 saturated heterocycles. The van der Waals surface area contributed by atoms with Gasteiger partial charge in [0, 0.05) is 48.9 Å². The lowest BCUT2D eigenvalue weighted by molar-refractivity contribution is -0.384. The maximum absolute atomic E-state index is 10.8. The van der Waals surface area contributed by atoms with E-state index in [1.165, 1.54) is 5.56 Å². The molecule has 7 nitrogen and oxygen atoms in total. The maximum Gasteiger partial charge on any atom is 0.269 e. The molecular formula is C21H22BrN5O2. The monoisotopic (exact) mass is 455 g/mol. The number of benzene rings is 2. The predicted molar refractivity (Wildman–Crippen MR) is 114 cm³/mol. The van der Waals surface area contributed by atoms with Gasteiger partial charge in [0.2, 0.25) is 0 Å². The van der Waals surface area contributed by atoms with E-state index in [1.54, 1.807) is 12.1 Å². The molecule has 0 radical (unpaired) electrons. The first-order valence-corrected chi connectivity index (χ1v) is 10.5. The minimum atomic E-state index is -0.363. The van der Waals surface area contributed by atoms with E-state index < -0.39 is 0 Å². The number of rotatable bonds is 6. The van der Waals surface area contributed by atoms with E-state index in [0.717, 1.165) is 54.6 Å². The van der Waals surface area contributed by atoms with Crippen LogP contribution in [0.15, 0.2) is 59.2 Å². The standard InChI is InChI=1S/C21H22BrN5O2/c22-18-5-1-16(2-6-18)13-19-15-26(24-23-19)20-9-11-25(12-10-20)14-17-3-7-21(8-4-17)27(28)29/h1-8,15,20H,9-14H2. The summed E-state index contributed by atoms with van der Waals surface area (Å²) in [4.78, 5) is 12.8. The Hall–Kier alpha value is -2.58. The van der Waals surface area contributed by atoms with Crippen molar-refractivity contribution in [2.24, 2.45) is 0 Å². The second-order valence-electron chi connectivity index (χ2n) is 7.42. The molecule has 150 valence electrons. The van der Waals surface area contributed by atoms with Crippen molar-refractivity contribution in [2.75, 3.05) is 13.1 Å². The number of piperidine rings is 1. The number of nitro benzene ring substituents is 1. The van der Waals surface area contributed by atoms with Crippen molar-refractivity contribution in [3.63, 3.8) is 0 Å². The van der Waals surface area contributed by atoms with Crippen LogP contribution in [-0.2, 0) is 13.0 Å². The van der Waals surface area contributed by atoms with Crippen LogP contribution in [0.1, 0.15) is 35.7 Å². The first kappa shape index (κ1) is 19.7. The number of nitrogens with zero attached hydrogens (tertiary/aromatic N) is 5. The summed E-state index contributed by atoms with van der Waals surface area (Å²) in [6.07, 6.45) is 4.90. The van der Waals surface area contributed by atoms with E-state index in [2.05, 4.69) is 49.5 Å². The molecule has 1 aliphatic heterocycles. The van der Waals surface area contributed by atoms with Crippen molar-refractivity contribution < 1.29 is 4.92 Å². The van der Waals surface area contributed by atoms with Gasteiger partial charge in [-0.05, 0) is 36.1 Å². The Morgan fingerprint density at radius 2 is 1.69 bits per heavy atom. The Morgan fingerprint density at radius 1 is 1.03 bits per heavy atom. The van der Waals surface area contributed by atoms with Crippen LogP contribution in [0, 0.1) is 10.1 Å². The lowest BCUT2D eigenvalue weighted by Gasteiger charge is -2.31. The van der Waals surface area contributed by atoms with Gasteiger partial charge in [-0.3, -0.25) is 15.0 Å². The van der Waals surface area contributed by atoms with Gasteiger partial charge in [0.15, 0.2) is 0 Å². The highest BCUT2D eigenvalue weighted by molar-refractivity contribution is 9.10. The van der Waals surface area contributed by atoms with E-state index in [-0.39, 0.29) is 10.6 Å². The van der Waals surface area contributed by atoms with E-state index in [0.29, 0.717) is 6.04 Å². The van der Waals surface area contributed by atoms with E-state index in [4.69, 9.17) is 0 Å². The Labute approximate surface area is 177 Å². The van der Waals surface area contributed by atoms with Crippen molar-refractivity contribution in [3.05, 3.63) is 86.1 Å². The van der Waals surface area contributed by atoms with Gasteiger partial charge in [0.1, 0.15) is 0 Å². The lowest BCUT2D eigenvalue weighted by atomic mass is 10.0. The third-order valence-electron chi connectivity index (χ3n) is 5.34. The Morgan fingerprint density at radius 3 is 2.34 bits per heavy atom. The van der Waals surface area contributed by atoms with Crippen LogP contribution < -0.4 is 0 Å². The highest BCUT2D eigenvalue weighted by Crippen LogP contribution is 2.24. The van der Waals surface area contributed by atoms with Crippen LogP contribution in [-0.4, -0.2) is 37.9 Å². The fourth-order valence-corrected chi connectivity index (χ4v) is 3.97. The van der Waals surface area contributed by atoms with Crippen molar-refractivity contribution in [2.45, 2.75) is 31.8 Å². The molecule has 0 aliphatic carbocycles. The van der Waals surface area contributed by atoms with Crippen LogP contribution in [0.25, 0.3) is 0 Å². The molecule has 0 amide bonds. The average molecular weight is 456 g/mol. The minimum Gasteiger partial charge on any atom is -0.299 e. The van der Waals surface area contributed by atoms with E-state index in [9.17, 15) is 10.1 Å². The molecule has 2 heterocycles. The van der Waals surface area contributed by atoms with E-state index in [1.807, 2.05) is 28.9 Å². The number of hydrogen-bond donors (Lipinski definition) is 0. The van der Waals surface area contributed by atoms with Crippen molar-refractivity contribution in [1.82, 2.24) is 19.9 Å². The Balaban J connectivity index is 1.30. The number of non-ortho nitro benzene ring substituents is 1. The Bertz CT molecular complexity index is 963. The SMILES string of the molecule is O=[N+]([O-])c1ccc(CN2CCC(n3cc(Cc4ccc(Br)cc4)nn3)CC2)cc1. The normalized spacial score (nSPS) is 15.5. The zero-order valence-corrected chi connectivity index (χ0v) is 17.5. The number of nitro groups is 1. The second-order valence-corrected chi connectivity index (χ2v) is 8.34. The van der Waals surface area contributed by atoms with Gasteiger partial charge < -0.3 is 0 Å². The number of aromatic nitrogens is 3. The summed E-state index contributed by atoms with van der Waals surface area (Å²) in [5, 5.41) is 19.5. The molecule has 4 rings (SSSR count). The highest BCUT2D eigenvalue weighted by atomic mass is 79.9. The predicted octanol–water partition coefficient (Wildman–Crippen LogP) is 4.38. The molecule has 1 fully saturated rings. The molecule has 1 aromatic heterocycles. The number of halogens is 1. The van der Waals surface area contributed by atoms with Crippen LogP contribution >= 0.6 is 15.9 Å². The molecule has 0 unspecified atom stereocenters. The smallest absolute Gasteiger partial charge is 0.269 e. The molecule has 0 saturated carbocycles. The van der Waals surface area contributed by atoms with Crippen molar-refractivity contribution >= 4 is 21.6 Å². The quantitative estimate of drug-likeness (QED) is 0.407. The number of hydrogen-bond acceptors (Lipinski definition) is 5. The lowest BCUT2D eigenvalue weighted by Crippen LogP contribution is -2.34. The molecule has 0 bridgehead atoms. The topological polar surface area (TPSA) is 77.1 Å². The maximum atomic E-state index is 10.8. The van der Waals surface area contributed by atoms with Gasteiger partial charge in [0.05, 0.1) is 16.7 Å². The van der Waals surface area contributed by atoms with Gasteiger partial charge in [0.25, 0.3) is 5.69 Å². The summed E-state index contributed by atoms with van der Waals surface area (Å²) >= 11 is 3.46. The first-order valence-electron chi connectivity index (χ1n) is 9.67. The van der Waals surface area contributed by atoms with Gasteiger partial charge in [-0.25, -0.2) is 4.68 Å². The molecule has 8 heteroatoms. The van der Waals surface area contributed by atoms with Crippen LogP contribution in [0.2, 0.25) is 0 Å². The fraction of sp³-hybridized carbons (Fsp3) is 0.333. The summed E-state index contributed by atoms with van der Waals surface area (Å²) in [7, 11) is 0. The third-order valence-corrected chi connectivity index (χ3v) is 5.87. The van der Waals surface area contributed by atoms with E-state index >= 15 is 0 Å². The van der Waals surface area contributed by atoms with Crippen molar-refractivity contribution in [3.8, 4) is 0 Å². The average Bonchev–Trinajstić information content (AvgIpc) is 3.19. The van der Waals surface area contributed by atoms with Crippen LogP contribution in [0.4, 0.5) is 5.69 Å². The van der Waals surface area contributed by atoms with Gasteiger partial charge in [-0.1, -0.05) is 45.4 Å². The van der Waals surface area contributed by atoms with Crippen LogP contribution in [0.3, 0.4) is 0 Å². The molecule has 1 aliphatic rings. The van der Waals surface area contributed by atoms with Gasteiger partial charge in [-0.2, -0.15) is 0 Å². The van der Waals surface area contributed by atoms with Crippen molar-refractivity contribution in [1.29, 1.82) is 0 Å². The molecule has 29 heavy (non-hydrogen) atoms. The molecule has 0 N–H and O–H groups in total. The molecular weight excluding hydrogens is 434 g/mol. The Kier molecular flexibility index (Phi) is 6.01. The summed E-state index contributed by atoms with van der Waals surface area (Å²) in [5.74, 6) is 0. The zero-order valence-electron chi connectivity index (χ0n) is 15.9. The number of likely N-dealkylation sites (tertiary alicyclic amines) is 1. The molecule has 0 spiro atoms. The summed E-state index contributed by atoms with van der Waals surface area (Å²) in [5.41, 5.74) is 3.45. The molecule has 2 aromatic carbocycles. The third kappa shape index (κ3) is 5.07. The summed E-state index contributed by atoms with van der Waals surface area (Å²) in [6.45, 7) is 2.77. The summed E-state index contributed by atoms with van der Waals surface area (Å²) in [6, 6.07) is 15.5. The van der Waals surface area contributed by atoms with Gasteiger partial charge >= 0.3 is 0 Å². The largest absolute Gasteiger partial charge is 0.299 e. The fourth-order valence-electron chi connectivity index (χ4n) is 3.71. The second kappa shape index (κ2) is 8.84. The van der Waals surface area contributed by atoms with Gasteiger partial charge in [-0.15, -0.1) is 5.10 Å². The molecule has 0 atom stereocenters. The van der Waals surface area contributed by atoms with Crippen LogP contribution in [0.5, 0.6) is 0 Å².